The van der Waals surface area contributed by atoms with Crippen molar-refractivity contribution >= 4 is 28.5 Å². The Labute approximate surface area is 169 Å². The van der Waals surface area contributed by atoms with E-state index in [0.717, 1.165) is 22.0 Å². The Bertz CT molecular complexity index is 1050. The molecule has 0 aliphatic rings. The molecular formula is C23H25N3O3. The lowest BCUT2D eigenvalue weighted by molar-refractivity contribution is -0.146. The number of esters is 1. The van der Waals surface area contributed by atoms with Crippen LogP contribution in [0.2, 0.25) is 0 Å². The summed E-state index contributed by atoms with van der Waals surface area (Å²) in [6.45, 7) is 5.56. The number of amides is 1. The molecule has 2 atom stereocenters. The van der Waals surface area contributed by atoms with Gasteiger partial charge in [-0.15, -0.1) is 0 Å². The molecule has 150 valence electrons. The molecule has 6 heteroatoms. The van der Waals surface area contributed by atoms with E-state index in [9.17, 15) is 9.59 Å². The van der Waals surface area contributed by atoms with E-state index in [1.165, 1.54) is 7.11 Å². The average molecular weight is 391 g/mol. The number of hydrogen-bond acceptors (Lipinski definition) is 4. The fraction of sp³-hybridized carbons (Fsp3) is 0.217. The predicted molar refractivity (Wildman–Crippen MR) is 114 cm³/mol. The van der Waals surface area contributed by atoms with Crippen molar-refractivity contribution in [1.29, 1.82) is 0 Å². The molecular weight excluding hydrogens is 366 g/mol. The van der Waals surface area contributed by atoms with Crippen molar-refractivity contribution in [2.45, 2.75) is 19.4 Å². The molecule has 0 radical (unpaired) electrons. The Kier molecular flexibility index (Phi) is 6.02. The summed E-state index contributed by atoms with van der Waals surface area (Å²) in [5.74, 6) is -1.16. The number of aromatic amines is 1. The number of nitrogens with one attached hydrogen (secondary N) is 2. The number of fused-ring (bicyclic) bond motifs is 1. The number of hydrogen-bond donors (Lipinski definition) is 3. The molecule has 0 saturated heterocycles. The highest BCUT2D eigenvalue weighted by atomic mass is 16.5. The Morgan fingerprint density at radius 3 is 2.69 bits per heavy atom. The summed E-state index contributed by atoms with van der Waals surface area (Å²) in [4.78, 5) is 28.2. The van der Waals surface area contributed by atoms with Gasteiger partial charge in [0.15, 0.2) is 0 Å². The molecule has 0 aliphatic heterocycles. The predicted octanol–water partition coefficient (Wildman–Crippen LogP) is 3.25. The molecule has 2 aromatic carbocycles. The van der Waals surface area contributed by atoms with Gasteiger partial charge in [0, 0.05) is 34.4 Å². The highest BCUT2D eigenvalue weighted by Gasteiger charge is 2.28. The van der Waals surface area contributed by atoms with Crippen LogP contribution in [0.1, 0.15) is 28.4 Å². The van der Waals surface area contributed by atoms with Crippen LogP contribution in [0.3, 0.4) is 0 Å². The Hall–Kier alpha value is -3.54. The number of methoxy groups -OCH3 is 1. The number of aromatic nitrogens is 1. The Balaban J connectivity index is 1.77. The lowest BCUT2D eigenvalue weighted by Gasteiger charge is -2.23. The molecule has 2 unspecified atom stereocenters. The molecule has 0 saturated carbocycles. The van der Waals surface area contributed by atoms with Gasteiger partial charge in [-0.3, -0.25) is 9.59 Å². The molecule has 4 N–H and O–H groups in total. The second-order valence-electron chi connectivity index (χ2n) is 7.10. The fourth-order valence-corrected chi connectivity index (χ4v) is 3.35. The van der Waals surface area contributed by atoms with Crippen molar-refractivity contribution in [1.82, 2.24) is 10.3 Å². The maximum absolute atomic E-state index is 12.7. The van der Waals surface area contributed by atoms with E-state index in [4.69, 9.17) is 10.5 Å². The average Bonchev–Trinajstić information content (AvgIpc) is 3.19. The van der Waals surface area contributed by atoms with Crippen LogP contribution in [-0.2, 0) is 16.0 Å². The number of nitrogens with two attached hydrogens (primary N) is 1. The molecule has 3 rings (SSSR count). The highest BCUT2D eigenvalue weighted by Crippen LogP contribution is 2.19. The van der Waals surface area contributed by atoms with Gasteiger partial charge in [0.25, 0.3) is 5.91 Å². The van der Waals surface area contributed by atoms with Crippen LogP contribution < -0.4 is 11.1 Å². The first-order chi connectivity index (χ1) is 13.9. The zero-order valence-electron chi connectivity index (χ0n) is 16.6. The standard InChI is InChI=1S/C23H25N3O3/c1-14(24)17-6-4-5-16(11-17)12-20(23(28)29-3)15(2)26-22(27)19-7-8-21-18(13-19)9-10-25-21/h4-11,13,15,20,25H,1,12,24H2,2-3H3,(H,26,27). The first-order valence-electron chi connectivity index (χ1n) is 9.38. The van der Waals surface area contributed by atoms with E-state index >= 15 is 0 Å². The zero-order valence-corrected chi connectivity index (χ0v) is 16.6. The number of ether oxygens (including phenoxy) is 1. The minimum Gasteiger partial charge on any atom is -0.469 e. The molecule has 0 spiro atoms. The van der Waals surface area contributed by atoms with E-state index in [1.54, 1.807) is 13.0 Å². The summed E-state index contributed by atoms with van der Waals surface area (Å²) in [6, 6.07) is 14.4. The quantitative estimate of drug-likeness (QED) is 0.539. The lowest BCUT2D eigenvalue weighted by Crippen LogP contribution is -2.42. The first-order valence-corrected chi connectivity index (χ1v) is 9.38. The normalized spacial score (nSPS) is 12.9. The number of rotatable bonds is 7. The third-order valence-electron chi connectivity index (χ3n) is 5.04. The van der Waals surface area contributed by atoms with Crippen LogP contribution in [0.15, 0.2) is 61.3 Å². The molecule has 6 nitrogen and oxygen atoms in total. The van der Waals surface area contributed by atoms with Crippen LogP contribution in [0, 0.1) is 5.92 Å². The zero-order chi connectivity index (χ0) is 21.0. The smallest absolute Gasteiger partial charge is 0.311 e. The van der Waals surface area contributed by atoms with Crippen LogP contribution in [0.4, 0.5) is 0 Å². The minimum absolute atomic E-state index is 0.237. The highest BCUT2D eigenvalue weighted by molar-refractivity contribution is 5.98. The molecule has 0 fully saturated rings. The van der Waals surface area contributed by atoms with Gasteiger partial charge in [0.1, 0.15) is 0 Å². The summed E-state index contributed by atoms with van der Waals surface area (Å²) in [5.41, 5.74) is 9.46. The van der Waals surface area contributed by atoms with Crippen molar-refractivity contribution in [3.63, 3.8) is 0 Å². The van der Waals surface area contributed by atoms with Gasteiger partial charge in [-0.05, 0) is 54.8 Å². The molecule has 1 heterocycles. The van der Waals surface area contributed by atoms with Crippen molar-refractivity contribution in [2.75, 3.05) is 7.11 Å². The van der Waals surface area contributed by atoms with Gasteiger partial charge in [0.05, 0.1) is 13.0 Å². The summed E-state index contributed by atoms with van der Waals surface area (Å²) < 4.78 is 4.98. The summed E-state index contributed by atoms with van der Waals surface area (Å²) in [7, 11) is 1.35. The maximum atomic E-state index is 12.7. The second-order valence-corrected chi connectivity index (χ2v) is 7.10. The topological polar surface area (TPSA) is 97.2 Å². The van der Waals surface area contributed by atoms with Gasteiger partial charge in [0.2, 0.25) is 0 Å². The second kappa shape index (κ2) is 8.65. The van der Waals surface area contributed by atoms with Crippen LogP contribution in [0.25, 0.3) is 16.6 Å². The van der Waals surface area contributed by atoms with Crippen LogP contribution >= 0.6 is 0 Å². The van der Waals surface area contributed by atoms with Gasteiger partial charge < -0.3 is 20.8 Å². The van der Waals surface area contributed by atoms with E-state index < -0.39 is 12.0 Å². The number of benzene rings is 2. The summed E-state index contributed by atoms with van der Waals surface area (Å²) in [5, 5.41) is 3.89. The van der Waals surface area contributed by atoms with Crippen molar-refractivity contribution in [2.24, 2.45) is 11.7 Å². The molecule has 1 amide bonds. The number of carbonyl (C=O) groups excluding carboxylic acids is 2. The summed E-state index contributed by atoms with van der Waals surface area (Å²) >= 11 is 0. The maximum Gasteiger partial charge on any atom is 0.311 e. The van der Waals surface area contributed by atoms with Crippen molar-refractivity contribution < 1.29 is 14.3 Å². The van der Waals surface area contributed by atoms with Crippen LogP contribution in [-0.4, -0.2) is 30.0 Å². The van der Waals surface area contributed by atoms with E-state index in [0.29, 0.717) is 17.7 Å². The Morgan fingerprint density at radius 2 is 1.97 bits per heavy atom. The fourth-order valence-electron chi connectivity index (χ4n) is 3.35. The van der Waals surface area contributed by atoms with Gasteiger partial charge in [-0.2, -0.15) is 0 Å². The Morgan fingerprint density at radius 1 is 1.17 bits per heavy atom. The third kappa shape index (κ3) is 4.66. The van der Waals surface area contributed by atoms with Gasteiger partial charge >= 0.3 is 5.97 Å². The molecule has 29 heavy (non-hydrogen) atoms. The van der Waals surface area contributed by atoms with Crippen LogP contribution in [0.5, 0.6) is 0 Å². The van der Waals surface area contributed by atoms with E-state index in [-0.39, 0.29) is 11.9 Å². The summed E-state index contributed by atoms with van der Waals surface area (Å²) in [6.07, 6.45) is 2.23. The molecule has 1 aromatic heterocycles. The van der Waals surface area contributed by atoms with Crippen molar-refractivity contribution in [3.8, 4) is 0 Å². The van der Waals surface area contributed by atoms with Gasteiger partial charge in [-0.1, -0.05) is 24.8 Å². The lowest BCUT2D eigenvalue weighted by atomic mass is 9.92. The molecule has 3 aromatic rings. The van der Waals surface area contributed by atoms with Crippen molar-refractivity contribution in [3.05, 3.63) is 78.0 Å². The SMILES string of the molecule is C=C(N)c1cccc(CC(C(=O)OC)C(C)NC(=O)c2ccc3[nH]ccc3c2)c1. The first kappa shape index (κ1) is 20.2. The monoisotopic (exact) mass is 391 g/mol. The van der Waals surface area contributed by atoms with E-state index in [1.807, 2.05) is 48.7 Å². The minimum atomic E-state index is -0.541. The third-order valence-corrected chi connectivity index (χ3v) is 5.04. The van der Waals surface area contributed by atoms with E-state index in [2.05, 4.69) is 16.9 Å². The number of carbonyl (C=O) groups is 2. The molecule has 0 bridgehead atoms. The van der Waals surface area contributed by atoms with Gasteiger partial charge in [-0.25, -0.2) is 0 Å². The number of H-pyrrole nitrogens is 1. The largest absolute Gasteiger partial charge is 0.469 e. The molecule has 0 aliphatic carbocycles.